The van der Waals surface area contributed by atoms with Crippen LogP contribution in [0.1, 0.15) is 96.8 Å². The maximum absolute atomic E-state index is 5.56. The zero-order valence-electron chi connectivity index (χ0n) is 17.4. The molecule has 0 aromatic carbocycles. The molecule has 1 aliphatic heterocycles. The van der Waals surface area contributed by atoms with Crippen LogP contribution in [0, 0.1) is 9.85 Å². The fraction of sp³-hybridized carbons (Fsp3) is 0.913. The zero-order valence-corrected chi connectivity index (χ0v) is 19.5. The second-order valence-corrected chi connectivity index (χ2v) is 8.69. The number of hydrogen-bond donors (Lipinski definition) is 0. The van der Waals surface area contributed by atoms with Gasteiger partial charge in [0.1, 0.15) is 19.6 Å². The predicted octanol–water partition coefficient (Wildman–Crippen LogP) is 6.71. The Labute approximate surface area is 177 Å². The van der Waals surface area contributed by atoms with Gasteiger partial charge < -0.3 is 9.22 Å². The summed E-state index contributed by atoms with van der Waals surface area (Å²) in [5.74, 6) is 3.31. The van der Waals surface area contributed by atoms with Crippen LogP contribution in [0.15, 0.2) is 0 Å². The van der Waals surface area contributed by atoms with Crippen molar-refractivity contribution in [3.63, 3.8) is 0 Å². The first-order valence-electron chi connectivity index (χ1n) is 11.3. The van der Waals surface area contributed by atoms with Crippen molar-refractivity contribution in [2.45, 2.75) is 96.8 Å². The molecule has 2 nitrogen and oxygen atoms in total. The average Bonchev–Trinajstić information content (AvgIpc) is 2.67. The number of hydrogen-bond acceptors (Lipinski definition) is 1. The first kappa shape index (κ1) is 24.2. The van der Waals surface area contributed by atoms with Crippen molar-refractivity contribution in [3.05, 3.63) is 0 Å². The molecule has 1 rings (SSSR count). The Bertz CT molecular complexity index is 368. The van der Waals surface area contributed by atoms with Gasteiger partial charge in [0, 0.05) is 22.6 Å². The van der Waals surface area contributed by atoms with Gasteiger partial charge in [0.2, 0.25) is 0 Å². The van der Waals surface area contributed by atoms with Crippen LogP contribution in [-0.4, -0.2) is 43.9 Å². The van der Waals surface area contributed by atoms with Crippen molar-refractivity contribution in [1.82, 2.24) is 0 Å². The molecular formula is C23H43INO+. The van der Waals surface area contributed by atoms with Crippen LogP contribution in [0.3, 0.4) is 0 Å². The molecule has 0 saturated carbocycles. The fourth-order valence-corrected chi connectivity index (χ4v) is 4.20. The van der Waals surface area contributed by atoms with Gasteiger partial charge in [-0.15, -0.1) is 0 Å². The van der Waals surface area contributed by atoms with Gasteiger partial charge in [-0.05, 0) is 22.7 Å². The number of quaternary nitrogens is 1. The Balaban J connectivity index is 1.91. The molecule has 0 bridgehead atoms. The SMILES string of the molecule is CCCCCCCCCCCCCCCC[N+]1(CC#CI)CCOCC1. The van der Waals surface area contributed by atoms with Crippen molar-refractivity contribution in [2.24, 2.45) is 0 Å². The summed E-state index contributed by atoms with van der Waals surface area (Å²) in [6.07, 6.45) is 20.1. The molecule has 0 N–H and O–H groups in total. The molecule has 0 unspecified atom stereocenters. The highest BCUT2D eigenvalue weighted by Crippen LogP contribution is 2.16. The quantitative estimate of drug-likeness (QED) is 0.104. The third-order valence-corrected chi connectivity index (χ3v) is 6.27. The molecule has 0 spiro atoms. The number of nitrogens with zero attached hydrogens (tertiary/aromatic N) is 1. The summed E-state index contributed by atoms with van der Waals surface area (Å²) in [6, 6.07) is 0. The Morgan fingerprint density at radius 3 is 1.65 bits per heavy atom. The van der Waals surface area contributed by atoms with E-state index in [-0.39, 0.29) is 0 Å². The number of rotatable bonds is 16. The first-order chi connectivity index (χ1) is 12.8. The van der Waals surface area contributed by atoms with E-state index >= 15 is 0 Å². The largest absolute Gasteiger partial charge is 0.370 e. The van der Waals surface area contributed by atoms with Gasteiger partial charge in [-0.3, -0.25) is 0 Å². The molecule has 0 amide bonds. The van der Waals surface area contributed by atoms with Gasteiger partial charge in [0.05, 0.1) is 19.8 Å². The highest BCUT2D eigenvalue weighted by Gasteiger charge is 2.28. The summed E-state index contributed by atoms with van der Waals surface area (Å²) in [7, 11) is 0. The monoisotopic (exact) mass is 476 g/mol. The van der Waals surface area contributed by atoms with E-state index < -0.39 is 0 Å². The fourth-order valence-electron chi connectivity index (χ4n) is 4.03. The number of halogens is 1. The zero-order chi connectivity index (χ0) is 18.8. The number of unbranched alkanes of at least 4 members (excludes halogenated alkanes) is 13. The van der Waals surface area contributed by atoms with Crippen LogP contribution >= 0.6 is 22.6 Å². The summed E-state index contributed by atoms with van der Waals surface area (Å²) in [6.45, 7) is 8.76. The Kier molecular flexibility index (Phi) is 16.2. The van der Waals surface area contributed by atoms with E-state index in [1.807, 2.05) is 0 Å². The molecule has 1 aliphatic rings. The number of ether oxygens (including phenoxy) is 1. The molecule has 0 aliphatic carbocycles. The second kappa shape index (κ2) is 17.3. The van der Waals surface area contributed by atoms with Gasteiger partial charge in [-0.2, -0.15) is 0 Å². The minimum atomic E-state index is 0.918. The molecule has 1 saturated heterocycles. The van der Waals surface area contributed by atoms with E-state index in [2.05, 4.69) is 39.4 Å². The Morgan fingerprint density at radius 2 is 1.19 bits per heavy atom. The van der Waals surface area contributed by atoms with E-state index in [4.69, 9.17) is 4.74 Å². The average molecular weight is 477 g/mol. The molecule has 26 heavy (non-hydrogen) atoms. The lowest BCUT2D eigenvalue weighted by Crippen LogP contribution is -2.55. The van der Waals surface area contributed by atoms with Crippen LogP contribution in [0.4, 0.5) is 0 Å². The standard InChI is InChI=1S/C23H43INO/c1-2-3-4-5-6-7-8-9-10-11-12-13-14-15-18-25(19-16-17-24)20-22-26-23-21-25/h2-15,18-23H2,1H3/q+1. The normalized spacial score (nSPS) is 16.2. The van der Waals surface area contributed by atoms with Gasteiger partial charge in [0.15, 0.2) is 0 Å². The molecule has 3 heteroatoms. The first-order valence-corrected chi connectivity index (χ1v) is 12.4. The third kappa shape index (κ3) is 12.6. The van der Waals surface area contributed by atoms with Gasteiger partial charge in [-0.1, -0.05) is 84.0 Å². The molecule has 0 radical (unpaired) electrons. The van der Waals surface area contributed by atoms with Gasteiger partial charge in [0.25, 0.3) is 0 Å². The second-order valence-electron chi connectivity index (χ2n) is 8.15. The predicted molar refractivity (Wildman–Crippen MR) is 123 cm³/mol. The molecule has 0 aromatic heterocycles. The molecule has 0 atom stereocenters. The maximum atomic E-state index is 5.56. The van der Waals surface area contributed by atoms with Crippen molar-refractivity contribution in [1.29, 1.82) is 0 Å². The smallest absolute Gasteiger partial charge is 0.141 e. The number of morpholine rings is 1. The molecular weight excluding hydrogens is 433 g/mol. The van der Waals surface area contributed by atoms with Crippen molar-refractivity contribution in [3.8, 4) is 9.85 Å². The lowest BCUT2D eigenvalue weighted by Gasteiger charge is -2.40. The third-order valence-electron chi connectivity index (χ3n) is 5.89. The molecule has 0 aromatic rings. The van der Waals surface area contributed by atoms with E-state index in [1.165, 1.54) is 101 Å². The van der Waals surface area contributed by atoms with Gasteiger partial charge >= 0.3 is 0 Å². The summed E-state index contributed by atoms with van der Waals surface area (Å²) in [5.41, 5.74) is 0. The van der Waals surface area contributed by atoms with Crippen LogP contribution in [-0.2, 0) is 4.74 Å². The maximum Gasteiger partial charge on any atom is 0.141 e. The lowest BCUT2D eigenvalue weighted by molar-refractivity contribution is -0.928. The minimum Gasteiger partial charge on any atom is -0.370 e. The highest BCUT2D eigenvalue weighted by atomic mass is 127. The summed E-state index contributed by atoms with van der Waals surface area (Å²) < 4.78 is 9.79. The van der Waals surface area contributed by atoms with Crippen molar-refractivity contribution >= 4 is 22.6 Å². The Morgan fingerprint density at radius 1 is 0.731 bits per heavy atom. The summed E-state index contributed by atoms with van der Waals surface area (Å²) in [5, 5.41) is 0. The van der Waals surface area contributed by atoms with E-state index in [1.54, 1.807) is 0 Å². The van der Waals surface area contributed by atoms with E-state index in [9.17, 15) is 0 Å². The lowest BCUT2D eigenvalue weighted by atomic mass is 10.0. The van der Waals surface area contributed by atoms with Crippen LogP contribution in [0.25, 0.3) is 0 Å². The van der Waals surface area contributed by atoms with E-state index in [0.29, 0.717) is 0 Å². The van der Waals surface area contributed by atoms with E-state index in [0.717, 1.165) is 32.8 Å². The summed E-state index contributed by atoms with van der Waals surface area (Å²) >= 11 is 2.17. The molecule has 152 valence electrons. The van der Waals surface area contributed by atoms with Crippen LogP contribution < -0.4 is 0 Å². The Hall–Kier alpha value is 0.210. The van der Waals surface area contributed by atoms with Crippen LogP contribution in [0.2, 0.25) is 0 Å². The molecule has 1 fully saturated rings. The van der Waals surface area contributed by atoms with Crippen molar-refractivity contribution < 1.29 is 9.22 Å². The topological polar surface area (TPSA) is 9.23 Å². The minimum absolute atomic E-state index is 0.918. The van der Waals surface area contributed by atoms with Gasteiger partial charge in [-0.25, -0.2) is 0 Å². The van der Waals surface area contributed by atoms with Crippen LogP contribution in [0.5, 0.6) is 0 Å². The highest BCUT2D eigenvalue weighted by molar-refractivity contribution is 14.1. The van der Waals surface area contributed by atoms with Crippen molar-refractivity contribution in [2.75, 3.05) is 39.4 Å². The molecule has 1 heterocycles. The summed E-state index contributed by atoms with van der Waals surface area (Å²) in [4.78, 5) is 0.